The number of benzene rings is 1. The monoisotopic (exact) mass is 229 g/mol. The molecule has 1 rings (SSSR count). The van der Waals surface area contributed by atoms with Gasteiger partial charge in [0.15, 0.2) is 0 Å². The molecule has 0 radical (unpaired) electrons. The molecule has 82 valence electrons. The van der Waals surface area contributed by atoms with Crippen molar-refractivity contribution in [3.8, 4) is 0 Å². The van der Waals surface area contributed by atoms with E-state index in [4.69, 9.17) is 10.5 Å². The van der Waals surface area contributed by atoms with E-state index in [1.54, 1.807) is 19.1 Å². The summed E-state index contributed by atoms with van der Waals surface area (Å²) < 4.78 is 17.7. The first-order valence-corrected chi connectivity index (χ1v) is 5.46. The molecule has 0 atom stereocenters. The predicted molar refractivity (Wildman–Crippen MR) is 58.2 cm³/mol. The van der Waals surface area contributed by atoms with Gasteiger partial charge in [0, 0.05) is 4.90 Å². The molecule has 15 heavy (non-hydrogen) atoms. The summed E-state index contributed by atoms with van der Waals surface area (Å²) in [7, 11) is 0. The molecule has 1 aromatic carbocycles. The van der Waals surface area contributed by atoms with Gasteiger partial charge in [-0.15, -0.1) is 11.8 Å². The zero-order valence-electron chi connectivity index (χ0n) is 8.33. The van der Waals surface area contributed by atoms with Crippen molar-refractivity contribution in [2.45, 2.75) is 11.8 Å². The molecule has 0 spiro atoms. The highest BCUT2D eigenvalue weighted by molar-refractivity contribution is 8.00. The number of nitrogens with two attached hydrogens (primary N) is 1. The molecule has 0 heterocycles. The molecule has 1 aromatic rings. The fraction of sp³-hybridized carbons (Fsp3) is 0.300. The Morgan fingerprint density at radius 2 is 2.33 bits per heavy atom. The Bertz CT molecular complexity index is 357. The molecule has 0 amide bonds. The largest absolute Gasteiger partial charge is 0.465 e. The average molecular weight is 229 g/mol. The highest BCUT2D eigenvalue weighted by Crippen LogP contribution is 2.26. The predicted octanol–water partition coefficient (Wildman–Crippen LogP) is 2.06. The number of ether oxygens (including phenoxy) is 1. The number of esters is 1. The fourth-order valence-electron chi connectivity index (χ4n) is 0.982. The minimum atomic E-state index is -0.469. The fourth-order valence-corrected chi connectivity index (χ4v) is 1.77. The number of anilines is 1. The Morgan fingerprint density at radius 1 is 1.60 bits per heavy atom. The van der Waals surface area contributed by atoms with Crippen LogP contribution in [0.3, 0.4) is 0 Å². The van der Waals surface area contributed by atoms with Crippen LogP contribution in [0, 0.1) is 5.82 Å². The summed E-state index contributed by atoms with van der Waals surface area (Å²) in [5.74, 6) is -0.656. The summed E-state index contributed by atoms with van der Waals surface area (Å²) in [6, 6.07) is 4.51. The van der Waals surface area contributed by atoms with E-state index in [-0.39, 0.29) is 17.4 Å². The van der Waals surface area contributed by atoms with Gasteiger partial charge in [0.05, 0.1) is 18.0 Å². The van der Waals surface area contributed by atoms with Crippen LogP contribution in [0.25, 0.3) is 0 Å². The molecule has 0 aromatic heterocycles. The van der Waals surface area contributed by atoms with Crippen molar-refractivity contribution < 1.29 is 13.9 Å². The Hall–Kier alpha value is -1.23. The van der Waals surface area contributed by atoms with Gasteiger partial charge in [-0.25, -0.2) is 4.39 Å². The van der Waals surface area contributed by atoms with E-state index in [0.717, 1.165) is 0 Å². The number of para-hydroxylation sites is 1. The van der Waals surface area contributed by atoms with Crippen molar-refractivity contribution in [1.82, 2.24) is 0 Å². The molecule has 5 heteroatoms. The van der Waals surface area contributed by atoms with Gasteiger partial charge in [-0.1, -0.05) is 6.07 Å². The number of thioether (sulfide) groups is 1. The number of hydrogen-bond acceptors (Lipinski definition) is 4. The first kappa shape index (κ1) is 11.8. The summed E-state index contributed by atoms with van der Waals surface area (Å²) in [4.78, 5) is 11.6. The standard InChI is InChI=1S/C10H12FNO2S/c1-2-14-9(13)6-15-8-5-3-4-7(11)10(8)12/h3-5H,2,6,12H2,1H3. The van der Waals surface area contributed by atoms with E-state index in [1.165, 1.54) is 17.8 Å². The molecule has 0 fully saturated rings. The molecule has 3 nitrogen and oxygen atoms in total. The first-order valence-electron chi connectivity index (χ1n) is 4.47. The van der Waals surface area contributed by atoms with Crippen LogP contribution in [0.15, 0.2) is 23.1 Å². The Balaban J connectivity index is 2.58. The molecule has 2 N–H and O–H groups in total. The zero-order chi connectivity index (χ0) is 11.3. The molecule has 0 saturated carbocycles. The van der Waals surface area contributed by atoms with E-state index in [9.17, 15) is 9.18 Å². The van der Waals surface area contributed by atoms with Crippen molar-refractivity contribution in [1.29, 1.82) is 0 Å². The smallest absolute Gasteiger partial charge is 0.316 e. The second kappa shape index (κ2) is 5.60. The Morgan fingerprint density at radius 3 is 3.00 bits per heavy atom. The lowest BCUT2D eigenvalue weighted by Crippen LogP contribution is -2.06. The second-order valence-corrected chi connectivity index (χ2v) is 3.76. The van der Waals surface area contributed by atoms with Crippen LogP contribution in [0.1, 0.15) is 6.92 Å². The molecule has 0 bridgehead atoms. The number of rotatable bonds is 4. The summed E-state index contributed by atoms with van der Waals surface area (Å²) in [6.45, 7) is 2.08. The topological polar surface area (TPSA) is 52.3 Å². The lowest BCUT2D eigenvalue weighted by molar-refractivity contribution is -0.139. The van der Waals surface area contributed by atoms with Crippen molar-refractivity contribution in [2.24, 2.45) is 0 Å². The van der Waals surface area contributed by atoms with Crippen LogP contribution in [-0.2, 0) is 9.53 Å². The molecule has 0 aliphatic heterocycles. The van der Waals surface area contributed by atoms with Crippen LogP contribution in [-0.4, -0.2) is 18.3 Å². The summed E-state index contributed by atoms with van der Waals surface area (Å²) in [6.07, 6.45) is 0. The number of carbonyl (C=O) groups excluding carboxylic acids is 1. The summed E-state index contributed by atoms with van der Waals surface area (Å²) in [5.41, 5.74) is 5.57. The van der Waals surface area contributed by atoms with Crippen molar-refractivity contribution in [3.05, 3.63) is 24.0 Å². The highest BCUT2D eigenvalue weighted by Gasteiger charge is 2.08. The third-order valence-electron chi connectivity index (χ3n) is 1.66. The summed E-state index contributed by atoms with van der Waals surface area (Å²) >= 11 is 1.17. The highest BCUT2D eigenvalue weighted by atomic mass is 32.2. The molecular formula is C10H12FNO2S. The van der Waals surface area contributed by atoms with Crippen LogP contribution in [0.4, 0.5) is 10.1 Å². The molecule has 0 aliphatic carbocycles. The van der Waals surface area contributed by atoms with Gasteiger partial charge in [0.2, 0.25) is 0 Å². The van der Waals surface area contributed by atoms with Crippen molar-refractivity contribution in [3.63, 3.8) is 0 Å². The number of halogens is 1. The van der Waals surface area contributed by atoms with Gasteiger partial charge < -0.3 is 10.5 Å². The van der Waals surface area contributed by atoms with Gasteiger partial charge in [-0.3, -0.25) is 4.79 Å². The maximum absolute atomic E-state index is 13.0. The van der Waals surface area contributed by atoms with Crippen LogP contribution in [0.5, 0.6) is 0 Å². The minimum Gasteiger partial charge on any atom is -0.465 e. The van der Waals surface area contributed by atoms with Gasteiger partial charge in [-0.05, 0) is 19.1 Å². The Kier molecular flexibility index (Phi) is 4.42. The summed E-state index contributed by atoms with van der Waals surface area (Å²) in [5, 5.41) is 0. The van der Waals surface area contributed by atoms with E-state index >= 15 is 0 Å². The second-order valence-electron chi connectivity index (χ2n) is 2.75. The maximum atomic E-state index is 13.0. The first-order chi connectivity index (χ1) is 7.15. The van der Waals surface area contributed by atoms with Crippen LogP contribution < -0.4 is 5.73 Å². The van der Waals surface area contributed by atoms with E-state index < -0.39 is 5.82 Å². The third-order valence-corrected chi connectivity index (χ3v) is 2.71. The average Bonchev–Trinajstić information content (AvgIpc) is 2.21. The lowest BCUT2D eigenvalue weighted by Gasteiger charge is -2.05. The van der Waals surface area contributed by atoms with E-state index in [2.05, 4.69) is 0 Å². The molecule has 0 aliphatic rings. The minimum absolute atomic E-state index is 0.0757. The van der Waals surface area contributed by atoms with E-state index in [0.29, 0.717) is 11.5 Å². The molecule has 0 saturated heterocycles. The van der Waals surface area contributed by atoms with E-state index in [1.807, 2.05) is 0 Å². The van der Waals surface area contributed by atoms with Gasteiger partial charge in [-0.2, -0.15) is 0 Å². The zero-order valence-corrected chi connectivity index (χ0v) is 9.14. The van der Waals surface area contributed by atoms with Gasteiger partial charge in [0.1, 0.15) is 5.82 Å². The van der Waals surface area contributed by atoms with Crippen LogP contribution >= 0.6 is 11.8 Å². The normalized spacial score (nSPS) is 10.0. The van der Waals surface area contributed by atoms with Crippen molar-refractivity contribution in [2.75, 3.05) is 18.1 Å². The number of nitrogen functional groups attached to an aromatic ring is 1. The molecule has 0 unspecified atom stereocenters. The Labute approximate surface area is 91.8 Å². The SMILES string of the molecule is CCOC(=O)CSc1cccc(F)c1N. The number of carbonyl (C=O) groups is 1. The lowest BCUT2D eigenvalue weighted by atomic mass is 10.3. The maximum Gasteiger partial charge on any atom is 0.316 e. The van der Waals surface area contributed by atoms with Gasteiger partial charge >= 0.3 is 5.97 Å². The van der Waals surface area contributed by atoms with Crippen molar-refractivity contribution >= 4 is 23.4 Å². The third kappa shape index (κ3) is 3.43. The van der Waals surface area contributed by atoms with Crippen LogP contribution in [0.2, 0.25) is 0 Å². The number of hydrogen-bond donors (Lipinski definition) is 1. The molecular weight excluding hydrogens is 217 g/mol. The quantitative estimate of drug-likeness (QED) is 0.488. The van der Waals surface area contributed by atoms with Gasteiger partial charge in [0.25, 0.3) is 0 Å².